The molecule has 4 nitrogen and oxygen atoms in total. The molecule has 0 heterocycles. The van der Waals surface area contributed by atoms with E-state index in [2.05, 4.69) is 35.7 Å². The zero-order chi connectivity index (χ0) is 16.1. The fraction of sp³-hybridized carbons (Fsp3) is 0.941. The molecule has 126 valence electrons. The van der Waals surface area contributed by atoms with Crippen LogP contribution in [0.2, 0.25) is 0 Å². The molecule has 0 fully saturated rings. The lowest BCUT2D eigenvalue weighted by Crippen LogP contribution is -2.38. The molecule has 0 aliphatic heterocycles. The van der Waals surface area contributed by atoms with Gasteiger partial charge in [0.25, 0.3) is 0 Å². The maximum atomic E-state index is 5.84. The predicted octanol–water partition coefficient (Wildman–Crippen LogP) is 3.48. The zero-order valence-corrected chi connectivity index (χ0v) is 15.2. The van der Waals surface area contributed by atoms with Crippen molar-refractivity contribution in [3.63, 3.8) is 0 Å². The Morgan fingerprint density at radius 3 is 2.33 bits per heavy atom. The van der Waals surface area contributed by atoms with Gasteiger partial charge in [0.05, 0.1) is 0 Å². The molecule has 0 spiro atoms. The third kappa shape index (κ3) is 9.72. The smallest absolute Gasteiger partial charge is 0.195 e. The Morgan fingerprint density at radius 2 is 1.81 bits per heavy atom. The first-order valence-corrected chi connectivity index (χ1v) is 8.49. The van der Waals surface area contributed by atoms with Crippen LogP contribution >= 0.6 is 0 Å². The summed E-state index contributed by atoms with van der Waals surface area (Å²) < 4.78 is 5.84. The average molecular weight is 300 g/mol. The first kappa shape index (κ1) is 20.2. The standard InChI is InChI=1S/C17H37N3O/c1-7-9-12-16(8-2)15-21-14-11-10-13-20(6)17(18-3)19(4)5/h16H,7-15H2,1-6H3. The molecule has 0 radical (unpaired) electrons. The van der Waals surface area contributed by atoms with Crippen LogP contribution in [-0.4, -0.2) is 63.7 Å². The third-order valence-corrected chi connectivity index (χ3v) is 3.87. The molecule has 0 aliphatic carbocycles. The first-order chi connectivity index (χ1) is 10.1. The number of hydrogen-bond acceptors (Lipinski definition) is 2. The van der Waals surface area contributed by atoms with Crippen LogP contribution in [-0.2, 0) is 4.74 Å². The van der Waals surface area contributed by atoms with Gasteiger partial charge in [-0.3, -0.25) is 4.99 Å². The molecule has 1 unspecified atom stereocenters. The van der Waals surface area contributed by atoms with E-state index in [9.17, 15) is 0 Å². The van der Waals surface area contributed by atoms with E-state index in [0.717, 1.165) is 44.5 Å². The van der Waals surface area contributed by atoms with Gasteiger partial charge in [0.15, 0.2) is 5.96 Å². The van der Waals surface area contributed by atoms with Gasteiger partial charge in [0, 0.05) is 47.9 Å². The summed E-state index contributed by atoms with van der Waals surface area (Å²) in [4.78, 5) is 8.56. The summed E-state index contributed by atoms with van der Waals surface area (Å²) in [5.74, 6) is 1.78. The van der Waals surface area contributed by atoms with Crippen molar-refractivity contribution in [1.29, 1.82) is 0 Å². The Kier molecular flexibility index (Phi) is 12.5. The molecule has 0 amide bonds. The van der Waals surface area contributed by atoms with Crippen LogP contribution in [0.25, 0.3) is 0 Å². The van der Waals surface area contributed by atoms with Gasteiger partial charge in [-0.15, -0.1) is 0 Å². The number of hydrogen-bond donors (Lipinski definition) is 0. The van der Waals surface area contributed by atoms with E-state index in [1.165, 1.54) is 25.7 Å². The number of ether oxygens (including phenoxy) is 1. The molecule has 0 bridgehead atoms. The Hall–Kier alpha value is -0.770. The maximum Gasteiger partial charge on any atom is 0.195 e. The topological polar surface area (TPSA) is 28.1 Å². The quantitative estimate of drug-likeness (QED) is 0.332. The van der Waals surface area contributed by atoms with Crippen molar-refractivity contribution < 1.29 is 4.74 Å². The second-order valence-electron chi connectivity index (χ2n) is 6.04. The molecule has 0 aromatic rings. The van der Waals surface area contributed by atoms with E-state index in [0.29, 0.717) is 0 Å². The third-order valence-electron chi connectivity index (χ3n) is 3.87. The molecule has 4 heteroatoms. The van der Waals surface area contributed by atoms with Gasteiger partial charge < -0.3 is 14.5 Å². The van der Waals surface area contributed by atoms with Gasteiger partial charge in [0.2, 0.25) is 0 Å². The highest BCUT2D eigenvalue weighted by Gasteiger charge is 2.08. The van der Waals surface area contributed by atoms with Crippen LogP contribution in [0.4, 0.5) is 0 Å². The summed E-state index contributed by atoms with van der Waals surface area (Å²) in [7, 11) is 8.00. The van der Waals surface area contributed by atoms with E-state index >= 15 is 0 Å². The average Bonchev–Trinajstić information content (AvgIpc) is 2.46. The van der Waals surface area contributed by atoms with Crippen molar-refractivity contribution in [3.8, 4) is 0 Å². The number of nitrogens with zero attached hydrogens (tertiary/aromatic N) is 3. The van der Waals surface area contributed by atoms with Gasteiger partial charge >= 0.3 is 0 Å². The van der Waals surface area contributed by atoms with Crippen LogP contribution < -0.4 is 0 Å². The Labute approximate surface area is 132 Å². The molecular formula is C17H37N3O. The molecule has 0 aliphatic rings. The van der Waals surface area contributed by atoms with Crippen molar-refractivity contribution in [3.05, 3.63) is 0 Å². The van der Waals surface area contributed by atoms with E-state index in [-0.39, 0.29) is 0 Å². The summed E-state index contributed by atoms with van der Waals surface area (Å²) in [6.07, 6.45) is 7.44. The fourth-order valence-corrected chi connectivity index (χ4v) is 2.51. The van der Waals surface area contributed by atoms with Crippen molar-refractivity contribution in [2.75, 3.05) is 47.9 Å². The zero-order valence-electron chi connectivity index (χ0n) is 15.2. The molecule has 0 aromatic carbocycles. The fourth-order valence-electron chi connectivity index (χ4n) is 2.51. The monoisotopic (exact) mass is 299 g/mol. The Balaban J connectivity index is 3.67. The van der Waals surface area contributed by atoms with Gasteiger partial charge in [-0.2, -0.15) is 0 Å². The van der Waals surface area contributed by atoms with E-state index in [4.69, 9.17) is 4.74 Å². The lowest BCUT2D eigenvalue weighted by atomic mass is 10.0. The molecule has 0 rings (SSSR count). The predicted molar refractivity (Wildman–Crippen MR) is 93.0 cm³/mol. The number of unbranched alkanes of at least 4 members (excludes halogenated alkanes) is 2. The summed E-state index contributed by atoms with van der Waals surface area (Å²) in [5, 5.41) is 0. The summed E-state index contributed by atoms with van der Waals surface area (Å²) in [6.45, 7) is 7.38. The molecule has 21 heavy (non-hydrogen) atoms. The minimum atomic E-state index is 0.750. The second kappa shape index (κ2) is 12.9. The Morgan fingerprint density at radius 1 is 1.10 bits per heavy atom. The summed E-state index contributed by atoms with van der Waals surface area (Å²) >= 11 is 0. The van der Waals surface area contributed by atoms with Crippen molar-refractivity contribution >= 4 is 5.96 Å². The molecule has 0 saturated carbocycles. The summed E-state index contributed by atoms with van der Waals surface area (Å²) in [6, 6.07) is 0. The number of rotatable bonds is 11. The van der Waals surface area contributed by atoms with Gasteiger partial charge in [-0.05, 0) is 25.2 Å². The maximum absolute atomic E-state index is 5.84. The number of aliphatic imine (C=N–C) groups is 1. The highest BCUT2D eigenvalue weighted by molar-refractivity contribution is 5.79. The van der Waals surface area contributed by atoms with Gasteiger partial charge in [-0.25, -0.2) is 0 Å². The molecule has 0 N–H and O–H groups in total. The van der Waals surface area contributed by atoms with Crippen LogP contribution in [0, 0.1) is 5.92 Å². The van der Waals surface area contributed by atoms with Crippen LogP contribution in [0.5, 0.6) is 0 Å². The highest BCUT2D eigenvalue weighted by Crippen LogP contribution is 2.13. The van der Waals surface area contributed by atoms with Crippen LogP contribution in [0.1, 0.15) is 52.4 Å². The minimum absolute atomic E-state index is 0.750. The molecule has 1 atom stereocenters. The lowest BCUT2D eigenvalue weighted by molar-refractivity contribution is 0.0904. The van der Waals surface area contributed by atoms with Crippen LogP contribution in [0.3, 0.4) is 0 Å². The van der Waals surface area contributed by atoms with Crippen molar-refractivity contribution in [1.82, 2.24) is 9.80 Å². The van der Waals surface area contributed by atoms with E-state index < -0.39 is 0 Å². The van der Waals surface area contributed by atoms with Crippen molar-refractivity contribution in [2.45, 2.75) is 52.4 Å². The molecule has 0 saturated heterocycles. The van der Waals surface area contributed by atoms with E-state index in [1.54, 1.807) is 0 Å². The number of guanidine groups is 1. The Bertz CT molecular complexity index is 267. The van der Waals surface area contributed by atoms with Gasteiger partial charge in [0.1, 0.15) is 0 Å². The first-order valence-electron chi connectivity index (χ1n) is 8.49. The van der Waals surface area contributed by atoms with Crippen LogP contribution in [0.15, 0.2) is 4.99 Å². The minimum Gasteiger partial charge on any atom is -0.381 e. The van der Waals surface area contributed by atoms with Gasteiger partial charge in [-0.1, -0.05) is 33.1 Å². The molecular weight excluding hydrogens is 262 g/mol. The molecule has 0 aromatic heterocycles. The summed E-state index contributed by atoms with van der Waals surface area (Å²) in [5.41, 5.74) is 0. The highest BCUT2D eigenvalue weighted by atomic mass is 16.5. The van der Waals surface area contributed by atoms with E-state index in [1.807, 2.05) is 21.1 Å². The van der Waals surface area contributed by atoms with Crippen molar-refractivity contribution in [2.24, 2.45) is 10.9 Å². The normalized spacial score (nSPS) is 13.3. The lowest BCUT2D eigenvalue weighted by Gasteiger charge is -2.26. The second-order valence-corrected chi connectivity index (χ2v) is 6.04. The SMILES string of the molecule is CCCCC(CC)COCCCCN(C)C(=NC)N(C)C. The largest absolute Gasteiger partial charge is 0.381 e.